The SMILES string of the molecule is CCCN(Cc1ccccc1)C(=S)Nc1ccc(OC)cc1. The molecule has 0 heterocycles. The third kappa shape index (κ3) is 4.74. The number of methoxy groups -OCH3 is 1. The molecule has 22 heavy (non-hydrogen) atoms. The number of hydrogen-bond acceptors (Lipinski definition) is 2. The standard InChI is InChI=1S/C18H22N2OS/c1-3-13-20(14-15-7-5-4-6-8-15)18(22)19-16-9-11-17(21-2)12-10-16/h4-12H,3,13-14H2,1-2H3,(H,19,22). The zero-order valence-electron chi connectivity index (χ0n) is 13.1. The number of nitrogens with one attached hydrogen (secondary N) is 1. The third-order valence-corrected chi connectivity index (χ3v) is 3.70. The summed E-state index contributed by atoms with van der Waals surface area (Å²) in [5.41, 5.74) is 2.23. The molecule has 116 valence electrons. The molecule has 2 rings (SSSR count). The number of benzene rings is 2. The molecule has 0 bridgehead atoms. The lowest BCUT2D eigenvalue weighted by atomic mass is 10.2. The van der Waals surface area contributed by atoms with E-state index in [1.165, 1.54) is 5.56 Å². The second-order valence-electron chi connectivity index (χ2n) is 5.07. The molecule has 0 aliphatic carbocycles. The van der Waals surface area contributed by atoms with E-state index < -0.39 is 0 Å². The van der Waals surface area contributed by atoms with Crippen molar-refractivity contribution in [1.82, 2.24) is 4.90 Å². The monoisotopic (exact) mass is 314 g/mol. The Hall–Kier alpha value is -2.07. The summed E-state index contributed by atoms with van der Waals surface area (Å²) >= 11 is 5.57. The van der Waals surface area contributed by atoms with Gasteiger partial charge < -0.3 is 15.0 Å². The highest BCUT2D eigenvalue weighted by Crippen LogP contribution is 2.16. The van der Waals surface area contributed by atoms with Crippen molar-refractivity contribution in [3.8, 4) is 5.75 Å². The van der Waals surface area contributed by atoms with Crippen LogP contribution in [-0.4, -0.2) is 23.7 Å². The van der Waals surface area contributed by atoms with Gasteiger partial charge in [-0.15, -0.1) is 0 Å². The van der Waals surface area contributed by atoms with E-state index in [0.29, 0.717) is 0 Å². The molecule has 0 aliphatic rings. The molecule has 0 unspecified atom stereocenters. The van der Waals surface area contributed by atoms with Gasteiger partial charge in [0.1, 0.15) is 5.75 Å². The van der Waals surface area contributed by atoms with E-state index in [4.69, 9.17) is 17.0 Å². The lowest BCUT2D eigenvalue weighted by Crippen LogP contribution is -2.34. The Bertz CT molecular complexity index is 584. The molecule has 2 aromatic rings. The Balaban J connectivity index is 2.02. The van der Waals surface area contributed by atoms with Crippen molar-refractivity contribution in [3.63, 3.8) is 0 Å². The molecule has 3 nitrogen and oxygen atoms in total. The highest BCUT2D eigenvalue weighted by Gasteiger charge is 2.09. The van der Waals surface area contributed by atoms with Crippen molar-refractivity contribution in [2.45, 2.75) is 19.9 Å². The van der Waals surface area contributed by atoms with Crippen molar-refractivity contribution < 1.29 is 4.74 Å². The maximum atomic E-state index is 5.57. The molecule has 0 atom stereocenters. The summed E-state index contributed by atoms with van der Waals surface area (Å²) in [6.07, 6.45) is 1.05. The summed E-state index contributed by atoms with van der Waals surface area (Å²) in [5.74, 6) is 0.839. The summed E-state index contributed by atoms with van der Waals surface area (Å²) in [4.78, 5) is 2.19. The topological polar surface area (TPSA) is 24.5 Å². The second-order valence-corrected chi connectivity index (χ2v) is 5.45. The lowest BCUT2D eigenvalue weighted by molar-refractivity contribution is 0.414. The van der Waals surface area contributed by atoms with Crippen LogP contribution in [0.2, 0.25) is 0 Å². The highest BCUT2D eigenvalue weighted by atomic mass is 32.1. The summed E-state index contributed by atoms with van der Waals surface area (Å²) in [5, 5.41) is 4.05. The molecule has 0 spiro atoms. The first-order valence-electron chi connectivity index (χ1n) is 7.47. The molecule has 0 radical (unpaired) electrons. The summed E-state index contributed by atoms with van der Waals surface area (Å²) < 4.78 is 5.17. The fourth-order valence-electron chi connectivity index (χ4n) is 2.20. The molecule has 0 saturated carbocycles. The molecule has 4 heteroatoms. The minimum Gasteiger partial charge on any atom is -0.497 e. The van der Waals surface area contributed by atoms with E-state index in [2.05, 4.69) is 41.4 Å². The molecule has 0 amide bonds. The van der Waals surface area contributed by atoms with Gasteiger partial charge in [-0.3, -0.25) is 0 Å². The van der Waals surface area contributed by atoms with Crippen LogP contribution < -0.4 is 10.1 Å². The van der Waals surface area contributed by atoms with Gasteiger partial charge in [-0.25, -0.2) is 0 Å². The smallest absolute Gasteiger partial charge is 0.173 e. The van der Waals surface area contributed by atoms with Crippen molar-refractivity contribution in [1.29, 1.82) is 0 Å². The van der Waals surface area contributed by atoms with Gasteiger partial charge in [0.15, 0.2) is 5.11 Å². The Labute approximate surface area is 137 Å². The van der Waals surface area contributed by atoms with Crippen LogP contribution in [-0.2, 0) is 6.54 Å². The second kappa shape index (κ2) is 8.39. The van der Waals surface area contributed by atoms with E-state index in [9.17, 15) is 0 Å². The molecular weight excluding hydrogens is 292 g/mol. The molecular formula is C18H22N2OS. The lowest BCUT2D eigenvalue weighted by Gasteiger charge is -2.25. The van der Waals surface area contributed by atoms with Crippen LogP contribution in [0.5, 0.6) is 5.75 Å². The van der Waals surface area contributed by atoms with Gasteiger partial charge in [0.25, 0.3) is 0 Å². The van der Waals surface area contributed by atoms with Crippen molar-refractivity contribution in [2.24, 2.45) is 0 Å². The van der Waals surface area contributed by atoms with Crippen LogP contribution >= 0.6 is 12.2 Å². The molecule has 0 aliphatic heterocycles. The number of ether oxygens (including phenoxy) is 1. The first-order chi connectivity index (χ1) is 10.7. The number of anilines is 1. The number of rotatable bonds is 6. The molecule has 0 saturated heterocycles. The van der Waals surface area contributed by atoms with Gasteiger partial charge in [-0.05, 0) is 48.5 Å². The Kier molecular flexibility index (Phi) is 6.22. The average molecular weight is 314 g/mol. The maximum absolute atomic E-state index is 5.57. The van der Waals surface area contributed by atoms with Gasteiger partial charge in [0, 0.05) is 18.8 Å². The fourth-order valence-corrected chi connectivity index (χ4v) is 2.48. The Morgan fingerprint density at radius 1 is 1.09 bits per heavy atom. The quantitative estimate of drug-likeness (QED) is 0.803. The largest absolute Gasteiger partial charge is 0.497 e. The van der Waals surface area contributed by atoms with Crippen LogP contribution in [0, 0.1) is 0 Å². The van der Waals surface area contributed by atoms with Crippen molar-refractivity contribution >= 4 is 23.0 Å². The van der Waals surface area contributed by atoms with Crippen molar-refractivity contribution in [3.05, 3.63) is 60.2 Å². The summed E-state index contributed by atoms with van der Waals surface area (Å²) in [6, 6.07) is 18.2. The van der Waals surface area contributed by atoms with Crippen LogP contribution in [0.1, 0.15) is 18.9 Å². The van der Waals surface area contributed by atoms with Gasteiger partial charge >= 0.3 is 0 Å². The van der Waals surface area contributed by atoms with Crippen LogP contribution in [0.15, 0.2) is 54.6 Å². The van der Waals surface area contributed by atoms with E-state index in [0.717, 1.165) is 36.1 Å². The van der Waals surface area contributed by atoms with Gasteiger partial charge in [-0.2, -0.15) is 0 Å². The predicted molar refractivity (Wildman–Crippen MR) is 96.4 cm³/mol. The maximum Gasteiger partial charge on any atom is 0.173 e. The first-order valence-corrected chi connectivity index (χ1v) is 7.87. The summed E-state index contributed by atoms with van der Waals surface area (Å²) in [6.45, 7) is 3.90. The zero-order valence-corrected chi connectivity index (χ0v) is 13.9. The average Bonchev–Trinajstić information content (AvgIpc) is 2.56. The fraction of sp³-hybridized carbons (Fsp3) is 0.278. The number of thiocarbonyl (C=S) groups is 1. The van der Waals surface area contributed by atoms with E-state index in [1.807, 2.05) is 30.3 Å². The van der Waals surface area contributed by atoms with Gasteiger partial charge in [0.05, 0.1) is 7.11 Å². The minimum absolute atomic E-state index is 0.746. The van der Waals surface area contributed by atoms with Gasteiger partial charge in [0.2, 0.25) is 0 Å². The van der Waals surface area contributed by atoms with E-state index in [-0.39, 0.29) is 0 Å². The zero-order chi connectivity index (χ0) is 15.8. The molecule has 1 N–H and O–H groups in total. The normalized spacial score (nSPS) is 10.1. The third-order valence-electron chi connectivity index (χ3n) is 3.34. The molecule has 0 aromatic heterocycles. The number of nitrogens with zero attached hydrogens (tertiary/aromatic N) is 1. The van der Waals surface area contributed by atoms with Crippen LogP contribution in [0.4, 0.5) is 5.69 Å². The number of hydrogen-bond donors (Lipinski definition) is 1. The minimum atomic E-state index is 0.746. The van der Waals surface area contributed by atoms with E-state index >= 15 is 0 Å². The first kappa shape index (κ1) is 16.3. The van der Waals surface area contributed by atoms with Gasteiger partial charge in [-0.1, -0.05) is 37.3 Å². The Morgan fingerprint density at radius 2 is 1.77 bits per heavy atom. The van der Waals surface area contributed by atoms with E-state index in [1.54, 1.807) is 7.11 Å². The van der Waals surface area contributed by atoms with Crippen molar-refractivity contribution in [2.75, 3.05) is 19.0 Å². The Morgan fingerprint density at radius 3 is 2.36 bits per heavy atom. The highest BCUT2D eigenvalue weighted by molar-refractivity contribution is 7.80. The molecule has 2 aromatic carbocycles. The van der Waals surface area contributed by atoms with Crippen LogP contribution in [0.25, 0.3) is 0 Å². The predicted octanol–water partition coefficient (Wildman–Crippen LogP) is 4.30. The summed E-state index contributed by atoms with van der Waals surface area (Å²) in [7, 11) is 1.66. The molecule has 0 fully saturated rings. The van der Waals surface area contributed by atoms with Crippen LogP contribution in [0.3, 0.4) is 0 Å².